The fourth-order valence-corrected chi connectivity index (χ4v) is 1.51. The summed E-state index contributed by atoms with van der Waals surface area (Å²) < 4.78 is 10.1. The van der Waals surface area contributed by atoms with Gasteiger partial charge in [-0.2, -0.15) is 0 Å². The summed E-state index contributed by atoms with van der Waals surface area (Å²) in [6.45, 7) is 5.85. The van der Waals surface area contributed by atoms with Crippen molar-refractivity contribution in [3.05, 3.63) is 0 Å². The fraction of sp³-hybridized carbons (Fsp3) is 0.909. The van der Waals surface area contributed by atoms with Crippen LogP contribution in [0.4, 0.5) is 0 Å². The summed E-state index contributed by atoms with van der Waals surface area (Å²) >= 11 is 0. The van der Waals surface area contributed by atoms with Gasteiger partial charge < -0.3 is 20.9 Å². The van der Waals surface area contributed by atoms with E-state index in [0.717, 1.165) is 0 Å². The van der Waals surface area contributed by atoms with Crippen LogP contribution in [0.5, 0.6) is 0 Å². The van der Waals surface area contributed by atoms with Gasteiger partial charge in [-0.3, -0.25) is 9.69 Å². The molecule has 0 heterocycles. The fourth-order valence-electron chi connectivity index (χ4n) is 1.51. The minimum absolute atomic E-state index is 0.150. The van der Waals surface area contributed by atoms with E-state index in [4.69, 9.17) is 20.9 Å². The van der Waals surface area contributed by atoms with E-state index in [9.17, 15) is 4.79 Å². The van der Waals surface area contributed by atoms with Crippen molar-refractivity contribution in [1.82, 2.24) is 4.90 Å². The Morgan fingerprint density at radius 1 is 1.41 bits per heavy atom. The van der Waals surface area contributed by atoms with Crippen LogP contribution in [0.3, 0.4) is 0 Å². The minimum atomic E-state index is -1.05. The van der Waals surface area contributed by atoms with Gasteiger partial charge in [0.15, 0.2) is 0 Å². The zero-order valence-corrected chi connectivity index (χ0v) is 11.2. The van der Waals surface area contributed by atoms with Gasteiger partial charge in [-0.05, 0) is 13.8 Å². The van der Waals surface area contributed by atoms with Crippen LogP contribution in [-0.4, -0.2) is 62.9 Å². The van der Waals surface area contributed by atoms with Crippen molar-refractivity contribution in [2.45, 2.75) is 25.4 Å². The molecule has 0 radical (unpaired) electrons. The van der Waals surface area contributed by atoms with E-state index in [2.05, 4.69) is 0 Å². The van der Waals surface area contributed by atoms with E-state index in [1.54, 1.807) is 21.1 Å². The van der Waals surface area contributed by atoms with Crippen LogP contribution < -0.4 is 11.5 Å². The lowest BCUT2D eigenvalue weighted by atomic mass is 10.0. The summed E-state index contributed by atoms with van der Waals surface area (Å²) in [5.41, 5.74) is 10.1. The molecule has 0 aliphatic rings. The summed E-state index contributed by atoms with van der Waals surface area (Å²) in [6, 6.07) is 0.150. The smallest absolute Gasteiger partial charge is 0.238 e. The quantitative estimate of drug-likeness (QED) is 0.555. The van der Waals surface area contributed by atoms with E-state index in [1.807, 2.05) is 11.8 Å². The van der Waals surface area contributed by atoms with Crippen LogP contribution in [0.2, 0.25) is 0 Å². The lowest BCUT2D eigenvalue weighted by Gasteiger charge is -2.34. The molecule has 0 fully saturated rings. The Morgan fingerprint density at radius 2 is 2.00 bits per heavy atom. The number of carbonyl (C=O) groups excluding carboxylic acids is 1. The van der Waals surface area contributed by atoms with Gasteiger partial charge in [0.2, 0.25) is 5.91 Å². The molecule has 0 aliphatic heterocycles. The molecule has 2 atom stereocenters. The van der Waals surface area contributed by atoms with Gasteiger partial charge in [0.05, 0.1) is 13.2 Å². The number of methoxy groups -OCH3 is 2. The molecule has 4 N–H and O–H groups in total. The van der Waals surface area contributed by atoms with E-state index in [-0.39, 0.29) is 6.04 Å². The van der Waals surface area contributed by atoms with Gasteiger partial charge in [0.25, 0.3) is 0 Å². The van der Waals surface area contributed by atoms with Crippen molar-refractivity contribution in [3.8, 4) is 0 Å². The molecule has 102 valence electrons. The van der Waals surface area contributed by atoms with Crippen molar-refractivity contribution >= 4 is 5.91 Å². The zero-order chi connectivity index (χ0) is 13.5. The third-order valence-corrected chi connectivity index (χ3v) is 2.71. The Kier molecular flexibility index (Phi) is 7.29. The van der Waals surface area contributed by atoms with Crippen LogP contribution in [0.25, 0.3) is 0 Å². The van der Waals surface area contributed by atoms with Crippen molar-refractivity contribution in [2.75, 3.05) is 40.5 Å². The van der Waals surface area contributed by atoms with Crippen molar-refractivity contribution in [2.24, 2.45) is 11.5 Å². The SMILES string of the molecule is COCCN(CC(C)(N)C(N)=O)C(C)COC. The molecule has 1 amide bonds. The third kappa shape index (κ3) is 5.97. The van der Waals surface area contributed by atoms with Crippen LogP contribution in [0.15, 0.2) is 0 Å². The lowest BCUT2D eigenvalue weighted by molar-refractivity contribution is -0.123. The molecule has 0 aliphatic carbocycles. The van der Waals surface area contributed by atoms with E-state index < -0.39 is 11.4 Å². The Bertz CT molecular complexity index is 234. The van der Waals surface area contributed by atoms with Crippen molar-refractivity contribution < 1.29 is 14.3 Å². The number of nitrogens with two attached hydrogens (primary N) is 2. The second-order valence-corrected chi connectivity index (χ2v) is 4.55. The Labute approximate surface area is 103 Å². The number of nitrogens with zero attached hydrogens (tertiary/aromatic N) is 1. The molecule has 0 spiro atoms. The van der Waals surface area contributed by atoms with E-state index >= 15 is 0 Å². The molecule has 6 nitrogen and oxygen atoms in total. The predicted octanol–water partition coefficient (Wildman–Crippen LogP) is -0.828. The molecule has 6 heteroatoms. The monoisotopic (exact) mass is 247 g/mol. The largest absolute Gasteiger partial charge is 0.383 e. The van der Waals surface area contributed by atoms with E-state index in [1.165, 1.54) is 0 Å². The molecule has 0 aromatic heterocycles. The first-order valence-corrected chi connectivity index (χ1v) is 5.66. The second kappa shape index (κ2) is 7.60. The molecular weight excluding hydrogens is 222 g/mol. The van der Waals surface area contributed by atoms with Crippen LogP contribution >= 0.6 is 0 Å². The highest BCUT2D eigenvalue weighted by atomic mass is 16.5. The van der Waals surface area contributed by atoms with Gasteiger partial charge in [-0.25, -0.2) is 0 Å². The Hall–Kier alpha value is -0.690. The molecular formula is C11H25N3O3. The van der Waals surface area contributed by atoms with Crippen LogP contribution in [0.1, 0.15) is 13.8 Å². The normalized spacial score (nSPS) is 16.8. The van der Waals surface area contributed by atoms with Crippen LogP contribution in [0, 0.1) is 0 Å². The highest BCUT2D eigenvalue weighted by molar-refractivity contribution is 5.84. The second-order valence-electron chi connectivity index (χ2n) is 4.55. The maximum Gasteiger partial charge on any atom is 0.238 e. The number of rotatable bonds is 9. The molecule has 0 bridgehead atoms. The molecule has 0 saturated carbocycles. The molecule has 2 unspecified atom stereocenters. The highest BCUT2D eigenvalue weighted by Crippen LogP contribution is 2.07. The number of carbonyl (C=O) groups is 1. The molecule has 0 aromatic rings. The summed E-state index contributed by atoms with van der Waals surface area (Å²) in [5, 5.41) is 0. The van der Waals surface area contributed by atoms with E-state index in [0.29, 0.717) is 26.3 Å². The third-order valence-electron chi connectivity index (χ3n) is 2.71. The number of hydrogen-bond donors (Lipinski definition) is 2. The number of primary amides is 1. The number of ether oxygens (including phenoxy) is 2. The maximum absolute atomic E-state index is 11.2. The highest BCUT2D eigenvalue weighted by Gasteiger charge is 2.30. The first-order chi connectivity index (χ1) is 7.85. The standard InChI is InChI=1S/C11H25N3O3/c1-9(7-17-4)14(5-6-16-3)8-11(2,13)10(12)15/h9H,5-8,13H2,1-4H3,(H2,12,15). The lowest BCUT2D eigenvalue weighted by Crippen LogP contribution is -2.59. The number of amides is 1. The maximum atomic E-state index is 11.2. The molecule has 17 heavy (non-hydrogen) atoms. The van der Waals surface area contributed by atoms with Crippen molar-refractivity contribution in [1.29, 1.82) is 0 Å². The van der Waals surface area contributed by atoms with Gasteiger partial charge >= 0.3 is 0 Å². The first kappa shape index (κ1) is 16.3. The molecule has 0 saturated heterocycles. The van der Waals surface area contributed by atoms with Gasteiger partial charge in [-0.1, -0.05) is 0 Å². The number of hydrogen-bond acceptors (Lipinski definition) is 5. The summed E-state index contributed by atoms with van der Waals surface area (Å²) in [4.78, 5) is 13.3. The van der Waals surface area contributed by atoms with Crippen molar-refractivity contribution in [3.63, 3.8) is 0 Å². The summed E-state index contributed by atoms with van der Waals surface area (Å²) in [6.07, 6.45) is 0. The zero-order valence-electron chi connectivity index (χ0n) is 11.2. The van der Waals surface area contributed by atoms with Gasteiger partial charge in [0.1, 0.15) is 5.54 Å². The Morgan fingerprint density at radius 3 is 2.41 bits per heavy atom. The summed E-state index contributed by atoms with van der Waals surface area (Å²) in [5.74, 6) is -0.510. The summed E-state index contributed by atoms with van der Waals surface area (Å²) in [7, 11) is 3.27. The minimum Gasteiger partial charge on any atom is -0.383 e. The first-order valence-electron chi connectivity index (χ1n) is 5.66. The Balaban J connectivity index is 4.51. The average Bonchev–Trinajstić information content (AvgIpc) is 2.24. The molecule has 0 aromatic carbocycles. The molecule has 0 rings (SSSR count). The topological polar surface area (TPSA) is 90.8 Å². The van der Waals surface area contributed by atoms with Gasteiger partial charge in [0, 0.05) is 33.4 Å². The average molecular weight is 247 g/mol. The predicted molar refractivity (Wildman–Crippen MR) is 66.6 cm³/mol. The van der Waals surface area contributed by atoms with Gasteiger partial charge in [-0.15, -0.1) is 0 Å². The van der Waals surface area contributed by atoms with Crippen LogP contribution in [-0.2, 0) is 14.3 Å².